The third kappa shape index (κ3) is 4.18. The molecule has 0 N–H and O–H groups in total. The van der Waals surface area contributed by atoms with Crippen LogP contribution in [-0.2, 0) is 9.53 Å². The molecule has 7 nitrogen and oxygen atoms in total. The predicted molar refractivity (Wildman–Crippen MR) is 111 cm³/mol. The summed E-state index contributed by atoms with van der Waals surface area (Å²) in [6, 6.07) is 15.1. The van der Waals surface area contributed by atoms with E-state index in [2.05, 4.69) is 20.9 Å². The summed E-state index contributed by atoms with van der Waals surface area (Å²) in [7, 11) is 1.55. The van der Waals surface area contributed by atoms with Gasteiger partial charge in [0, 0.05) is 15.6 Å². The molecule has 4 rings (SSSR count). The highest BCUT2D eigenvalue weighted by molar-refractivity contribution is 9.10. The Morgan fingerprint density at radius 2 is 2.00 bits per heavy atom. The van der Waals surface area contributed by atoms with Gasteiger partial charge < -0.3 is 18.6 Å². The van der Waals surface area contributed by atoms with Crippen LogP contribution in [0, 0.1) is 0 Å². The van der Waals surface area contributed by atoms with Gasteiger partial charge in [0.2, 0.25) is 11.7 Å². The molecule has 0 radical (unpaired) electrons. The van der Waals surface area contributed by atoms with E-state index < -0.39 is 11.9 Å². The van der Waals surface area contributed by atoms with Gasteiger partial charge in [0.1, 0.15) is 11.5 Å². The first-order valence-electron chi connectivity index (χ1n) is 8.76. The fourth-order valence-electron chi connectivity index (χ4n) is 2.71. The molecule has 0 saturated heterocycles. The maximum absolute atomic E-state index is 12.4. The van der Waals surface area contributed by atoms with Gasteiger partial charge in [-0.2, -0.15) is 0 Å². The fraction of sp³-hybridized carbons (Fsp3) is 0.0455. The number of methoxy groups -OCH3 is 1. The van der Waals surface area contributed by atoms with E-state index in [1.54, 1.807) is 55.6 Å². The molecular weight excluding hydrogens is 454 g/mol. The number of nitrogens with zero attached hydrogens (tertiary/aromatic N) is 1. The largest absolute Gasteiger partial charge is 0.497 e. The number of esters is 2. The first kappa shape index (κ1) is 19.7. The SMILES string of the molecule is COc1cccc(C2=N/C(=C\c3cc(Br)ccc3OC(=O)c3ccco3)C(=O)O2)c1. The topological polar surface area (TPSA) is 87.3 Å². The Labute approximate surface area is 179 Å². The number of benzene rings is 2. The Kier molecular flexibility index (Phi) is 5.49. The third-order valence-electron chi connectivity index (χ3n) is 4.13. The summed E-state index contributed by atoms with van der Waals surface area (Å²) in [6.07, 6.45) is 2.87. The molecule has 2 aromatic carbocycles. The minimum absolute atomic E-state index is 0.0649. The monoisotopic (exact) mass is 467 g/mol. The summed E-state index contributed by atoms with van der Waals surface area (Å²) in [5, 5.41) is 0. The van der Waals surface area contributed by atoms with Crippen LogP contribution in [0.1, 0.15) is 21.7 Å². The molecule has 150 valence electrons. The van der Waals surface area contributed by atoms with E-state index in [1.807, 2.05) is 0 Å². The van der Waals surface area contributed by atoms with E-state index in [4.69, 9.17) is 18.6 Å². The number of hydrogen-bond acceptors (Lipinski definition) is 7. The van der Waals surface area contributed by atoms with Crippen molar-refractivity contribution in [1.82, 2.24) is 0 Å². The molecule has 0 spiro atoms. The number of carbonyl (C=O) groups is 2. The molecule has 1 aliphatic heterocycles. The van der Waals surface area contributed by atoms with Crippen molar-refractivity contribution in [1.29, 1.82) is 0 Å². The molecule has 0 amide bonds. The molecule has 2 heterocycles. The quantitative estimate of drug-likeness (QED) is 0.309. The molecule has 0 atom stereocenters. The number of ether oxygens (including phenoxy) is 3. The van der Waals surface area contributed by atoms with Crippen molar-refractivity contribution in [3.63, 3.8) is 0 Å². The summed E-state index contributed by atoms with van der Waals surface area (Å²) in [5.41, 5.74) is 1.14. The number of hydrogen-bond donors (Lipinski definition) is 0. The predicted octanol–water partition coefficient (Wildman–Crippen LogP) is 4.61. The van der Waals surface area contributed by atoms with Crippen molar-refractivity contribution >= 4 is 39.8 Å². The highest BCUT2D eigenvalue weighted by Crippen LogP contribution is 2.29. The zero-order valence-electron chi connectivity index (χ0n) is 15.6. The highest BCUT2D eigenvalue weighted by atomic mass is 79.9. The molecule has 0 saturated carbocycles. The number of furan rings is 1. The average Bonchev–Trinajstić information content (AvgIpc) is 3.41. The van der Waals surface area contributed by atoms with Crippen LogP contribution in [0.3, 0.4) is 0 Å². The van der Waals surface area contributed by atoms with Crippen LogP contribution < -0.4 is 9.47 Å². The molecule has 0 fully saturated rings. The number of carbonyl (C=O) groups excluding carboxylic acids is 2. The Hall–Kier alpha value is -3.65. The molecule has 0 aliphatic carbocycles. The Bertz CT molecular complexity index is 1180. The minimum Gasteiger partial charge on any atom is -0.497 e. The van der Waals surface area contributed by atoms with Gasteiger partial charge in [-0.25, -0.2) is 14.6 Å². The second-order valence-corrected chi connectivity index (χ2v) is 7.03. The number of cyclic esters (lactones) is 1. The van der Waals surface area contributed by atoms with Gasteiger partial charge in [-0.1, -0.05) is 22.0 Å². The van der Waals surface area contributed by atoms with E-state index >= 15 is 0 Å². The summed E-state index contributed by atoms with van der Waals surface area (Å²) in [4.78, 5) is 28.9. The van der Waals surface area contributed by atoms with E-state index in [0.29, 0.717) is 16.9 Å². The normalized spacial score (nSPS) is 14.4. The summed E-state index contributed by atoms with van der Waals surface area (Å²) >= 11 is 3.38. The molecule has 8 heteroatoms. The average molecular weight is 468 g/mol. The molecule has 30 heavy (non-hydrogen) atoms. The van der Waals surface area contributed by atoms with Gasteiger partial charge in [-0.05, 0) is 54.6 Å². The van der Waals surface area contributed by atoms with Gasteiger partial charge in [-0.3, -0.25) is 0 Å². The smallest absolute Gasteiger partial charge is 0.379 e. The lowest BCUT2D eigenvalue weighted by atomic mass is 10.1. The van der Waals surface area contributed by atoms with Gasteiger partial charge in [0.15, 0.2) is 5.70 Å². The maximum Gasteiger partial charge on any atom is 0.379 e. The van der Waals surface area contributed by atoms with Crippen LogP contribution in [0.5, 0.6) is 11.5 Å². The van der Waals surface area contributed by atoms with E-state index in [0.717, 1.165) is 4.47 Å². The fourth-order valence-corrected chi connectivity index (χ4v) is 3.08. The summed E-state index contributed by atoms with van der Waals surface area (Å²) in [5.74, 6) is -0.190. The Morgan fingerprint density at radius 3 is 2.77 bits per heavy atom. The summed E-state index contributed by atoms with van der Waals surface area (Å²) in [6.45, 7) is 0. The van der Waals surface area contributed by atoms with Crippen LogP contribution in [-0.4, -0.2) is 24.9 Å². The number of aliphatic imine (C=N–C) groups is 1. The van der Waals surface area contributed by atoms with Gasteiger partial charge in [-0.15, -0.1) is 0 Å². The lowest BCUT2D eigenvalue weighted by Crippen LogP contribution is -2.08. The maximum atomic E-state index is 12.4. The van der Waals surface area contributed by atoms with Crippen LogP contribution >= 0.6 is 15.9 Å². The van der Waals surface area contributed by atoms with E-state index in [1.165, 1.54) is 18.4 Å². The second-order valence-electron chi connectivity index (χ2n) is 6.12. The zero-order chi connectivity index (χ0) is 21.1. The first-order valence-corrected chi connectivity index (χ1v) is 9.55. The van der Waals surface area contributed by atoms with Crippen molar-refractivity contribution in [2.45, 2.75) is 0 Å². The summed E-state index contributed by atoms with van der Waals surface area (Å²) < 4.78 is 21.7. The molecule has 0 unspecified atom stereocenters. The minimum atomic E-state index is -0.656. The Morgan fingerprint density at radius 1 is 1.13 bits per heavy atom. The van der Waals surface area contributed by atoms with Crippen molar-refractivity contribution < 1.29 is 28.2 Å². The van der Waals surface area contributed by atoms with Crippen LogP contribution in [0.15, 0.2) is 80.4 Å². The van der Waals surface area contributed by atoms with E-state index in [9.17, 15) is 9.59 Å². The van der Waals surface area contributed by atoms with Crippen LogP contribution in [0.25, 0.3) is 6.08 Å². The van der Waals surface area contributed by atoms with Gasteiger partial charge in [0.25, 0.3) is 0 Å². The molecule has 1 aliphatic rings. The molecule has 0 bridgehead atoms. The molecule has 1 aromatic heterocycles. The number of halogens is 1. The first-order chi connectivity index (χ1) is 14.5. The zero-order valence-corrected chi connectivity index (χ0v) is 17.2. The number of rotatable bonds is 5. The molecular formula is C22H14BrNO6. The second kappa shape index (κ2) is 8.38. The third-order valence-corrected chi connectivity index (χ3v) is 4.62. The van der Waals surface area contributed by atoms with Crippen LogP contribution in [0.4, 0.5) is 0 Å². The standard InChI is InChI=1S/C22H14BrNO6/c1-27-16-5-2-4-13(11-16)20-24-17(21(25)30-20)12-14-10-15(23)7-8-18(14)29-22(26)19-6-3-9-28-19/h2-12H,1H3/b17-12-. The van der Waals surface area contributed by atoms with Crippen molar-refractivity contribution in [2.24, 2.45) is 4.99 Å². The van der Waals surface area contributed by atoms with Crippen molar-refractivity contribution in [2.75, 3.05) is 7.11 Å². The van der Waals surface area contributed by atoms with Crippen LogP contribution in [0.2, 0.25) is 0 Å². The molecule has 3 aromatic rings. The van der Waals surface area contributed by atoms with Gasteiger partial charge >= 0.3 is 11.9 Å². The van der Waals surface area contributed by atoms with Crippen molar-refractivity contribution in [3.05, 3.63) is 87.9 Å². The lowest BCUT2D eigenvalue weighted by molar-refractivity contribution is -0.129. The Balaban J connectivity index is 1.66. The lowest BCUT2D eigenvalue weighted by Gasteiger charge is -2.07. The van der Waals surface area contributed by atoms with Gasteiger partial charge in [0.05, 0.1) is 13.4 Å². The van der Waals surface area contributed by atoms with Crippen molar-refractivity contribution in [3.8, 4) is 11.5 Å². The van der Waals surface area contributed by atoms with E-state index in [-0.39, 0.29) is 23.1 Å². The highest BCUT2D eigenvalue weighted by Gasteiger charge is 2.25.